The maximum Gasteiger partial charge on any atom is 0.333 e. The summed E-state index contributed by atoms with van der Waals surface area (Å²) in [6, 6.07) is 13.8. The van der Waals surface area contributed by atoms with Crippen molar-refractivity contribution in [3.63, 3.8) is 0 Å². The average molecular weight is 267 g/mol. The second-order valence-corrected chi connectivity index (χ2v) is 4.02. The van der Waals surface area contributed by atoms with E-state index in [0.717, 1.165) is 5.56 Å². The Kier molecular flexibility index (Phi) is 4.30. The standard InChI is InChI=1S/C15H13N3O2/c1-20-15(19)13(11-6-3-2-4-7-11)18-14-12(10-16)8-5-9-17-14/h2-9,13H,1H3,(H,17,18). The van der Waals surface area contributed by atoms with E-state index in [0.29, 0.717) is 11.4 Å². The monoisotopic (exact) mass is 267 g/mol. The molecule has 5 nitrogen and oxygen atoms in total. The Bertz CT molecular complexity index is 635. The molecule has 1 atom stereocenters. The highest BCUT2D eigenvalue weighted by Crippen LogP contribution is 2.21. The minimum Gasteiger partial charge on any atom is -0.467 e. The number of aromatic nitrogens is 1. The molecule has 0 spiro atoms. The molecule has 20 heavy (non-hydrogen) atoms. The van der Waals surface area contributed by atoms with Gasteiger partial charge in [-0.25, -0.2) is 9.78 Å². The normalized spacial score (nSPS) is 11.2. The zero-order chi connectivity index (χ0) is 14.4. The number of nitrogens with zero attached hydrogens (tertiary/aromatic N) is 2. The van der Waals surface area contributed by atoms with Gasteiger partial charge in [-0.05, 0) is 17.7 Å². The Hall–Kier alpha value is -2.87. The maximum absolute atomic E-state index is 11.9. The van der Waals surface area contributed by atoms with Crippen LogP contribution in [-0.4, -0.2) is 18.1 Å². The third-order valence-corrected chi connectivity index (χ3v) is 2.78. The molecule has 1 N–H and O–H groups in total. The number of hydrogen-bond acceptors (Lipinski definition) is 5. The molecule has 0 bridgehead atoms. The number of ether oxygens (including phenoxy) is 1. The van der Waals surface area contributed by atoms with E-state index in [2.05, 4.69) is 10.3 Å². The number of hydrogen-bond donors (Lipinski definition) is 1. The SMILES string of the molecule is COC(=O)C(Nc1ncccc1C#N)c1ccccc1. The van der Waals surface area contributed by atoms with Gasteiger partial charge in [0.25, 0.3) is 0 Å². The van der Waals surface area contributed by atoms with Gasteiger partial charge in [-0.15, -0.1) is 0 Å². The molecule has 5 heteroatoms. The number of carbonyl (C=O) groups is 1. The zero-order valence-electron chi connectivity index (χ0n) is 10.9. The van der Waals surface area contributed by atoms with E-state index in [1.165, 1.54) is 7.11 Å². The molecular formula is C15H13N3O2. The summed E-state index contributed by atoms with van der Waals surface area (Å²) >= 11 is 0. The van der Waals surface area contributed by atoms with Gasteiger partial charge >= 0.3 is 5.97 Å². The Morgan fingerprint density at radius 1 is 1.30 bits per heavy atom. The summed E-state index contributed by atoms with van der Waals surface area (Å²) in [5, 5.41) is 12.0. The number of methoxy groups -OCH3 is 1. The van der Waals surface area contributed by atoms with Crippen LogP contribution in [0.1, 0.15) is 17.2 Å². The lowest BCUT2D eigenvalue weighted by atomic mass is 10.1. The zero-order valence-corrected chi connectivity index (χ0v) is 10.9. The van der Waals surface area contributed by atoms with Gasteiger partial charge in [0.05, 0.1) is 12.7 Å². The van der Waals surface area contributed by atoms with Crippen LogP contribution in [0, 0.1) is 11.3 Å². The van der Waals surface area contributed by atoms with Crippen LogP contribution in [0.5, 0.6) is 0 Å². The summed E-state index contributed by atoms with van der Waals surface area (Å²) in [7, 11) is 1.32. The molecule has 0 aliphatic carbocycles. The van der Waals surface area contributed by atoms with Crippen molar-refractivity contribution in [3.05, 3.63) is 59.8 Å². The van der Waals surface area contributed by atoms with Crippen molar-refractivity contribution in [2.45, 2.75) is 6.04 Å². The van der Waals surface area contributed by atoms with Crippen LogP contribution >= 0.6 is 0 Å². The lowest BCUT2D eigenvalue weighted by Gasteiger charge is -2.17. The Labute approximate surface area is 116 Å². The van der Waals surface area contributed by atoms with Gasteiger partial charge in [0.15, 0.2) is 6.04 Å². The topological polar surface area (TPSA) is 75.0 Å². The molecule has 1 unspecified atom stereocenters. The Balaban J connectivity index is 2.34. The van der Waals surface area contributed by atoms with Crippen LogP contribution in [0.25, 0.3) is 0 Å². The summed E-state index contributed by atoms with van der Waals surface area (Å²) in [6.07, 6.45) is 1.56. The van der Waals surface area contributed by atoms with Crippen molar-refractivity contribution in [2.24, 2.45) is 0 Å². The van der Waals surface area contributed by atoms with Gasteiger partial charge in [0.1, 0.15) is 11.9 Å². The Morgan fingerprint density at radius 2 is 2.05 bits per heavy atom. The molecule has 0 aliphatic rings. The largest absolute Gasteiger partial charge is 0.467 e. The first kappa shape index (κ1) is 13.6. The van der Waals surface area contributed by atoms with Crippen molar-refractivity contribution in [2.75, 3.05) is 12.4 Å². The fourth-order valence-corrected chi connectivity index (χ4v) is 1.79. The van der Waals surface area contributed by atoms with Crippen LogP contribution in [-0.2, 0) is 9.53 Å². The van der Waals surface area contributed by atoms with E-state index < -0.39 is 12.0 Å². The maximum atomic E-state index is 11.9. The van der Waals surface area contributed by atoms with E-state index in [1.807, 2.05) is 36.4 Å². The minimum absolute atomic E-state index is 0.356. The van der Waals surface area contributed by atoms with Gasteiger partial charge in [-0.3, -0.25) is 0 Å². The number of anilines is 1. The molecule has 0 aliphatic heterocycles. The van der Waals surface area contributed by atoms with Crippen LogP contribution in [0.3, 0.4) is 0 Å². The second kappa shape index (κ2) is 6.34. The molecule has 0 saturated heterocycles. The molecule has 1 aromatic carbocycles. The molecule has 2 aromatic rings. The minimum atomic E-state index is -0.705. The van der Waals surface area contributed by atoms with Crippen LogP contribution < -0.4 is 5.32 Å². The summed E-state index contributed by atoms with van der Waals surface area (Å²) < 4.78 is 4.80. The molecule has 1 aromatic heterocycles. The quantitative estimate of drug-likeness (QED) is 0.860. The lowest BCUT2D eigenvalue weighted by Crippen LogP contribution is -2.23. The molecule has 0 fully saturated rings. The molecule has 100 valence electrons. The highest BCUT2D eigenvalue weighted by atomic mass is 16.5. The molecule has 2 rings (SSSR count). The van der Waals surface area contributed by atoms with Crippen molar-refractivity contribution in [1.29, 1.82) is 5.26 Å². The van der Waals surface area contributed by atoms with Gasteiger partial charge in [-0.1, -0.05) is 30.3 Å². The van der Waals surface area contributed by atoms with Crippen molar-refractivity contribution in [3.8, 4) is 6.07 Å². The van der Waals surface area contributed by atoms with E-state index in [9.17, 15) is 4.79 Å². The third-order valence-electron chi connectivity index (χ3n) is 2.78. The van der Waals surface area contributed by atoms with E-state index in [-0.39, 0.29) is 0 Å². The number of carbonyl (C=O) groups excluding carboxylic acids is 1. The van der Waals surface area contributed by atoms with Crippen molar-refractivity contribution >= 4 is 11.8 Å². The first-order chi connectivity index (χ1) is 9.76. The smallest absolute Gasteiger partial charge is 0.333 e. The number of esters is 1. The van der Waals surface area contributed by atoms with Crippen molar-refractivity contribution in [1.82, 2.24) is 4.98 Å². The fraction of sp³-hybridized carbons (Fsp3) is 0.133. The van der Waals surface area contributed by atoms with Crippen LogP contribution in [0.4, 0.5) is 5.82 Å². The van der Waals surface area contributed by atoms with E-state index in [1.54, 1.807) is 18.3 Å². The molecule has 0 saturated carbocycles. The summed E-state index contributed by atoms with van der Waals surface area (Å²) in [6.45, 7) is 0. The fourth-order valence-electron chi connectivity index (χ4n) is 1.79. The first-order valence-electron chi connectivity index (χ1n) is 6.00. The highest BCUT2D eigenvalue weighted by Gasteiger charge is 2.22. The van der Waals surface area contributed by atoms with E-state index >= 15 is 0 Å². The summed E-state index contributed by atoms with van der Waals surface area (Å²) in [4.78, 5) is 16.0. The van der Waals surface area contributed by atoms with E-state index in [4.69, 9.17) is 10.00 Å². The number of nitrogens with one attached hydrogen (secondary N) is 1. The predicted molar refractivity (Wildman–Crippen MR) is 73.8 cm³/mol. The molecule has 1 heterocycles. The van der Waals surface area contributed by atoms with Gasteiger partial charge in [0, 0.05) is 6.20 Å². The molecule has 0 amide bonds. The summed E-state index contributed by atoms with van der Waals surface area (Å²) in [5.74, 6) is -0.0833. The Morgan fingerprint density at radius 3 is 2.70 bits per heavy atom. The van der Waals surface area contributed by atoms with Gasteiger partial charge in [-0.2, -0.15) is 5.26 Å². The average Bonchev–Trinajstić information content (AvgIpc) is 2.53. The predicted octanol–water partition coefficient (Wildman–Crippen LogP) is 2.28. The first-order valence-corrected chi connectivity index (χ1v) is 6.00. The molecular weight excluding hydrogens is 254 g/mol. The van der Waals surface area contributed by atoms with Crippen molar-refractivity contribution < 1.29 is 9.53 Å². The highest BCUT2D eigenvalue weighted by molar-refractivity contribution is 5.81. The number of pyridine rings is 1. The number of benzene rings is 1. The third kappa shape index (κ3) is 2.93. The lowest BCUT2D eigenvalue weighted by molar-refractivity contribution is -0.141. The summed E-state index contributed by atoms with van der Waals surface area (Å²) in [5.41, 5.74) is 1.12. The van der Waals surface area contributed by atoms with Gasteiger partial charge in [0.2, 0.25) is 0 Å². The van der Waals surface area contributed by atoms with Gasteiger partial charge < -0.3 is 10.1 Å². The second-order valence-electron chi connectivity index (χ2n) is 4.02. The van der Waals surface area contributed by atoms with Crippen LogP contribution in [0.2, 0.25) is 0 Å². The number of nitriles is 1. The molecule has 0 radical (unpaired) electrons. The van der Waals surface area contributed by atoms with Crippen LogP contribution in [0.15, 0.2) is 48.7 Å². The number of rotatable bonds is 4.